The van der Waals surface area contributed by atoms with E-state index in [-0.39, 0.29) is 24.4 Å². The monoisotopic (exact) mass is 418 g/mol. The number of amides is 1. The lowest BCUT2D eigenvalue weighted by molar-refractivity contribution is -0.119. The minimum absolute atomic E-state index is 0. The quantitative estimate of drug-likeness (QED) is 0.565. The highest BCUT2D eigenvalue weighted by molar-refractivity contribution is 8.00. The Bertz CT molecular complexity index is 913. The number of nitrogens with zero attached hydrogens (tertiary/aromatic N) is 2. The predicted octanol–water partition coefficient (Wildman–Crippen LogP) is 3.90. The standard InChI is InChI=1S/C20H22N4O2S.ClH/c1-13(2)22-18(25)12-27-17-6-4-3-5-16(17)20-23-19(24-26-20)15-9-7-14(11-21)8-10-15;/h3-10,13H,11-12,21H2,1-2H3,(H,22,25);1H. The van der Waals surface area contributed by atoms with Gasteiger partial charge in [-0.1, -0.05) is 41.6 Å². The molecule has 0 atom stereocenters. The van der Waals surface area contributed by atoms with Crippen LogP contribution in [0.5, 0.6) is 0 Å². The summed E-state index contributed by atoms with van der Waals surface area (Å²) in [6, 6.07) is 15.6. The van der Waals surface area contributed by atoms with Gasteiger partial charge in [-0.3, -0.25) is 4.79 Å². The molecule has 1 heterocycles. The summed E-state index contributed by atoms with van der Waals surface area (Å²) >= 11 is 1.45. The van der Waals surface area contributed by atoms with Gasteiger partial charge in [0.1, 0.15) is 0 Å². The zero-order chi connectivity index (χ0) is 19.2. The molecule has 3 N–H and O–H groups in total. The number of carbonyl (C=O) groups excluding carboxylic acids is 1. The maximum Gasteiger partial charge on any atom is 0.259 e. The van der Waals surface area contributed by atoms with Crippen molar-refractivity contribution in [2.75, 3.05) is 5.75 Å². The molecular weight excluding hydrogens is 396 g/mol. The summed E-state index contributed by atoms with van der Waals surface area (Å²) in [6.07, 6.45) is 0. The molecule has 0 aliphatic heterocycles. The van der Waals surface area contributed by atoms with Gasteiger partial charge in [0.05, 0.1) is 11.3 Å². The van der Waals surface area contributed by atoms with Crippen molar-refractivity contribution in [3.8, 4) is 22.8 Å². The van der Waals surface area contributed by atoms with E-state index in [0.717, 1.165) is 21.6 Å². The predicted molar refractivity (Wildman–Crippen MR) is 114 cm³/mol. The fourth-order valence-corrected chi connectivity index (χ4v) is 3.37. The number of thioether (sulfide) groups is 1. The van der Waals surface area contributed by atoms with Gasteiger partial charge in [-0.25, -0.2) is 0 Å². The van der Waals surface area contributed by atoms with E-state index in [1.807, 2.05) is 62.4 Å². The van der Waals surface area contributed by atoms with Gasteiger partial charge in [0.15, 0.2) is 0 Å². The third kappa shape index (κ3) is 5.58. The number of hydrogen-bond donors (Lipinski definition) is 2. The third-order valence-corrected chi connectivity index (χ3v) is 4.87. The molecule has 28 heavy (non-hydrogen) atoms. The van der Waals surface area contributed by atoms with E-state index in [4.69, 9.17) is 10.3 Å². The number of hydrogen-bond acceptors (Lipinski definition) is 6. The summed E-state index contributed by atoms with van der Waals surface area (Å²) in [7, 11) is 0. The van der Waals surface area contributed by atoms with Crippen molar-refractivity contribution in [2.24, 2.45) is 5.73 Å². The van der Waals surface area contributed by atoms with E-state index in [0.29, 0.717) is 24.0 Å². The molecule has 1 amide bonds. The lowest BCUT2D eigenvalue weighted by Crippen LogP contribution is -2.31. The van der Waals surface area contributed by atoms with Crippen molar-refractivity contribution < 1.29 is 9.32 Å². The average Bonchev–Trinajstić information content (AvgIpc) is 3.16. The first-order valence-corrected chi connectivity index (χ1v) is 9.70. The smallest absolute Gasteiger partial charge is 0.259 e. The van der Waals surface area contributed by atoms with E-state index in [9.17, 15) is 4.79 Å². The Kier molecular flexibility index (Phi) is 8.04. The highest BCUT2D eigenvalue weighted by Gasteiger charge is 2.15. The Morgan fingerprint density at radius 1 is 1.18 bits per heavy atom. The van der Waals surface area contributed by atoms with Crippen LogP contribution in [0.1, 0.15) is 19.4 Å². The van der Waals surface area contributed by atoms with Crippen LogP contribution in [0.3, 0.4) is 0 Å². The maximum atomic E-state index is 11.9. The van der Waals surface area contributed by atoms with Crippen LogP contribution >= 0.6 is 24.2 Å². The number of halogens is 1. The topological polar surface area (TPSA) is 94.0 Å². The van der Waals surface area contributed by atoms with Crippen LogP contribution in [0.25, 0.3) is 22.8 Å². The Labute approximate surface area is 174 Å². The minimum Gasteiger partial charge on any atom is -0.353 e. The first kappa shape index (κ1) is 21.9. The van der Waals surface area contributed by atoms with Crippen LogP contribution < -0.4 is 11.1 Å². The second kappa shape index (κ2) is 10.3. The summed E-state index contributed by atoms with van der Waals surface area (Å²) in [5.74, 6) is 1.28. The molecule has 0 bridgehead atoms. The summed E-state index contributed by atoms with van der Waals surface area (Å²) in [5.41, 5.74) is 8.36. The third-order valence-electron chi connectivity index (χ3n) is 3.80. The van der Waals surface area contributed by atoms with Gasteiger partial charge in [0.25, 0.3) is 5.89 Å². The fourth-order valence-electron chi connectivity index (χ4n) is 2.52. The average molecular weight is 419 g/mol. The summed E-state index contributed by atoms with van der Waals surface area (Å²) in [5, 5.41) is 6.98. The lowest BCUT2D eigenvalue weighted by atomic mass is 10.1. The van der Waals surface area contributed by atoms with Crippen molar-refractivity contribution in [3.05, 3.63) is 54.1 Å². The van der Waals surface area contributed by atoms with Gasteiger partial charge >= 0.3 is 0 Å². The molecule has 0 aliphatic carbocycles. The van der Waals surface area contributed by atoms with Crippen LogP contribution in [0.2, 0.25) is 0 Å². The molecule has 0 aliphatic rings. The molecule has 8 heteroatoms. The molecule has 1 aromatic heterocycles. The first-order valence-electron chi connectivity index (χ1n) is 8.71. The van der Waals surface area contributed by atoms with Crippen molar-refractivity contribution in [1.29, 1.82) is 0 Å². The molecule has 0 saturated carbocycles. The number of benzene rings is 2. The van der Waals surface area contributed by atoms with Crippen molar-refractivity contribution in [2.45, 2.75) is 31.3 Å². The maximum absolute atomic E-state index is 11.9. The molecule has 3 aromatic rings. The zero-order valence-electron chi connectivity index (χ0n) is 15.7. The van der Waals surface area contributed by atoms with Crippen LogP contribution in [-0.2, 0) is 11.3 Å². The van der Waals surface area contributed by atoms with Crippen molar-refractivity contribution >= 4 is 30.1 Å². The van der Waals surface area contributed by atoms with E-state index >= 15 is 0 Å². The molecule has 0 fully saturated rings. The van der Waals surface area contributed by atoms with Gasteiger partial charge in [-0.05, 0) is 31.5 Å². The number of aromatic nitrogens is 2. The first-order chi connectivity index (χ1) is 13.1. The second-order valence-corrected chi connectivity index (χ2v) is 7.35. The van der Waals surface area contributed by atoms with E-state index in [2.05, 4.69) is 15.5 Å². The molecule has 0 radical (unpaired) electrons. The Morgan fingerprint density at radius 2 is 1.89 bits per heavy atom. The van der Waals surface area contributed by atoms with Gasteiger partial charge < -0.3 is 15.6 Å². The number of nitrogens with one attached hydrogen (secondary N) is 1. The molecule has 3 rings (SSSR count). The van der Waals surface area contributed by atoms with Crippen LogP contribution in [-0.4, -0.2) is 27.8 Å². The van der Waals surface area contributed by atoms with Gasteiger partial charge in [-0.2, -0.15) is 4.98 Å². The molecule has 0 spiro atoms. The van der Waals surface area contributed by atoms with Crippen LogP contribution in [0, 0.1) is 0 Å². The molecule has 148 valence electrons. The zero-order valence-corrected chi connectivity index (χ0v) is 17.3. The number of carbonyl (C=O) groups is 1. The highest BCUT2D eigenvalue weighted by atomic mass is 35.5. The SMILES string of the molecule is CC(C)NC(=O)CSc1ccccc1-c1nc(-c2ccc(CN)cc2)no1.Cl. The van der Waals surface area contributed by atoms with Gasteiger partial charge in [-0.15, -0.1) is 24.2 Å². The summed E-state index contributed by atoms with van der Waals surface area (Å²) < 4.78 is 5.47. The minimum atomic E-state index is -0.00369. The summed E-state index contributed by atoms with van der Waals surface area (Å²) in [4.78, 5) is 17.4. The highest BCUT2D eigenvalue weighted by Crippen LogP contribution is 2.31. The number of rotatable bonds is 7. The van der Waals surface area contributed by atoms with Crippen LogP contribution in [0.4, 0.5) is 0 Å². The normalized spacial score (nSPS) is 10.6. The van der Waals surface area contributed by atoms with E-state index in [1.165, 1.54) is 11.8 Å². The van der Waals surface area contributed by atoms with Gasteiger partial charge in [0, 0.05) is 23.0 Å². The molecule has 0 saturated heterocycles. The second-order valence-electron chi connectivity index (χ2n) is 6.33. The molecule has 6 nitrogen and oxygen atoms in total. The number of nitrogens with two attached hydrogens (primary N) is 1. The Hall–Kier alpha value is -2.35. The van der Waals surface area contributed by atoms with Gasteiger partial charge in [0.2, 0.25) is 11.7 Å². The Balaban J connectivity index is 0.00000280. The van der Waals surface area contributed by atoms with Crippen LogP contribution in [0.15, 0.2) is 57.9 Å². The summed E-state index contributed by atoms with van der Waals surface area (Å²) in [6.45, 7) is 4.37. The van der Waals surface area contributed by atoms with E-state index in [1.54, 1.807) is 0 Å². The molecule has 0 unspecified atom stereocenters. The fraction of sp³-hybridized carbons (Fsp3) is 0.250. The molecule has 2 aromatic carbocycles. The lowest BCUT2D eigenvalue weighted by Gasteiger charge is -2.09. The van der Waals surface area contributed by atoms with E-state index < -0.39 is 0 Å². The molecular formula is C20H23ClN4O2S. The van der Waals surface area contributed by atoms with Crippen molar-refractivity contribution in [1.82, 2.24) is 15.5 Å². The van der Waals surface area contributed by atoms with Crippen molar-refractivity contribution in [3.63, 3.8) is 0 Å². The largest absolute Gasteiger partial charge is 0.353 e. The Morgan fingerprint density at radius 3 is 2.57 bits per heavy atom.